The van der Waals surface area contributed by atoms with Crippen molar-refractivity contribution < 1.29 is 4.79 Å². The highest BCUT2D eigenvalue weighted by Crippen LogP contribution is 2.16. The fraction of sp³-hybridized carbons (Fsp3) is 0.364. The number of carbonyl (C=O) groups excluding carboxylic acids is 1. The molecule has 2 N–H and O–H groups in total. The van der Waals surface area contributed by atoms with Gasteiger partial charge in [-0.1, -0.05) is 22.0 Å². The average Bonchev–Trinajstić information content (AvgIpc) is 2.30. The van der Waals surface area contributed by atoms with Crippen LogP contribution >= 0.6 is 15.9 Å². The monoisotopic (exact) mass is 283 g/mol. The summed E-state index contributed by atoms with van der Waals surface area (Å²) in [4.78, 5) is 13.7. The highest BCUT2D eigenvalue weighted by Gasteiger charge is 2.15. The van der Waals surface area contributed by atoms with Crippen LogP contribution in [0, 0.1) is 0 Å². The van der Waals surface area contributed by atoms with E-state index in [2.05, 4.69) is 26.6 Å². The zero-order chi connectivity index (χ0) is 11.4. The first-order chi connectivity index (χ1) is 7.75. The Morgan fingerprint density at radius 3 is 2.81 bits per heavy atom. The number of benzene rings is 1. The van der Waals surface area contributed by atoms with E-state index in [1.165, 1.54) is 0 Å². The van der Waals surface area contributed by atoms with Crippen LogP contribution < -0.4 is 10.6 Å². The molecule has 1 aromatic carbocycles. The number of urea groups is 1. The highest BCUT2D eigenvalue weighted by molar-refractivity contribution is 9.10. The van der Waals surface area contributed by atoms with Gasteiger partial charge in [0.25, 0.3) is 0 Å². The molecule has 16 heavy (non-hydrogen) atoms. The molecule has 0 atom stereocenters. The van der Waals surface area contributed by atoms with E-state index in [0.29, 0.717) is 0 Å². The van der Waals surface area contributed by atoms with E-state index in [4.69, 9.17) is 0 Å². The fourth-order valence-corrected chi connectivity index (χ4v) is 2.04. The molecule has 5 heteroatoms. The molecule has 0 unspecified atom stereocenters. The SMILES string of the molecule is O=C(Nc1cccc(Br)c1)N1CCNCC1. The third-order valence-electron chi connectivity index (χ3n) is 2.48. The molecule has 4 nitrogen and oxygen atoms in total. The molecule has 1 aliphatic rings. The van der Waals surface area contributed by atoms with Crippen molar-refractivity contribution in [1.82, 2.24) is 10.2 Å². The molecule has 2 amide bonds. The van der Waals surface area contributed by atoms with Gasteiger partial charge in [-0.05, 0) is 18.2 Å². The van der Waals surface area contributed by atoms with Crippen LogP contribution in [0.15, 0.2) is 28.7 Å². The summed E-state index contributed by atoms with van der Waals surface area (Å²) in [6.07, 6.45) is 0. The van der Waals surface area contributed by atoms with E-state index >= 15 is 0 Å². The minimum absolute atomic E-state index is 0.0281. The molecule has 1 aliphatic heterocycles. The second-order valence-electron chi connectivity index (χ2n) is 3.68. The van der Waals surface area contributed by atoms with E-state index in [-0.39, 0.29) is 6.03 Å². The topological polar surface area (TPSA) is 44.4 Å². The smallest absolute Gasteiger partial charge is 0.321 e. The molecule has 0 bridgehead atoms. The average molecular weight is 284 g/mol. The van der Waals surface area contributed by atoms with Gasteiger partial charge in [-0.25, -0.2) is 4.79 Å². The van der Waals surface area contributed by atoms with Crippen LogP contribution in [0.1, 0.15) is 0 Å². The van der Waals surface area contributed by atoms with Gasteiger partial charge >= 0.3 is 6.03 Å². The molecule has 1 saturated heterocycles. The van der Waals surface area contributed by atoms with E-state index < -0.39 is 0 Å². The summed E-state index contributed by atoms with van der Waals surface area (Å²) in [5.41, 5.74) is 0.818. The van der Waals surface area contributed by atoms with Crippen molar-refractivity contribution in [2.24, 2.45) is 0 Å². The Kier molecular flexibility index (Phi) is 3.79. The fourth-order valence-electron chi connectivity index (χ4n) is 1.64. The van der Waals surface area contributed by atoms with E-state index in [1.54, 1.807) is 0 Å². The van der Waals surface area contributed by atoms with Crippen molar-refractivity contribution in [3.63, 3.8) is 0 Å². The standard InChI is InChI=1S/C11H14BrN3O/c12-9-2-1-3-10(8-9)14-11(16)15-6-4-13-5-7-15/h1-3,8,13H,4-7H2,(H,14,16). The molecule has 0 spiro atoms. The first kappa shape index (κ1) is 11.4. The summed E-state index contributed by atoms with van der Waals surface area (Å²) < 4.78 is 0.964. The quantitative estimate of drug-likeness (QED) is 0.827. The second kappa shape index (κ2) is 5.32. The molecule has 2 rings (SSSR count). The van der Waals surface area contributed by atoms with Gasteiger partial charge in [0.1, 0.15) is 0 Å². The molecule has 0 saturated carbocycles. The summed E-state index contributed by atoms with van der Waals surface area (Å²) in [6.45, 7) is 3.26. The number of halogens is 1. The molecule has 1 aromatic rings. The van der Waals surface area contributed by atoms with Gasteiger partial charge in [-0.2, -0.15) is 0 Å². The largest absolute Gasteiger partial charge is 0.322 e. The molecule has 1 heterocycles. The summed E-state index contributed by atoms with van der Waals surface area (Å²) in [6, 6.07) is 7.57. The van der Waals surface area contributed by atoms with Crippen LogP contribution in [0.4, 0.5) is 10.5 Å². The number of nitrogens with zero attached hydrogens (tertiary/aromatic N) is 1. The maximum absolute atomic E-state index is 11.9. The van der Waals surface area contributed by atoms with Crippen LogP contribution in [0.2, 0.25) is 0 Å². The Morgan fingerprint density at radius 2 is 2.12 bits per heavy atom. The van der Waals surface area contributed by atoms with E-state index in [9.17, 15) is 4.79 Å². The zero-order valence-corrected chi connectivity index (χ0v) is 10.5. The van der Waals surface area contributed by atoms with E-state index in [1.807, 2.05) is 29.2 Å². The van der Waals surface area contributed by atoms with Gasteiger partial charge in [0.05, 0.1) is 0 Å². The maximum Gasteiger partial charge on any atom is 0.321 e. The van der Waals surface area contributed by atoms with Gasteiger partial charge in [-0.3, -0.25) is 0 Å². The number of hydrogen-bond donors (Lipinski definition) is 2. The molecular weight excluding hydrogens is 270 g/mol. The highest BCUT2D eigenvalue weighted by atomic mass is 79.9. The zero-order valence-electron chi connectivity index (χ0n) is 8.87. The van der Waals surface area contributed by atoms with Crippen molar-refractivity contribution in [1.29, 1.82) is 0 Å². The summed E-state index contributed by atoms with van der Waals surface area (Å²) in [5, 5.41) is 6.10. The Hall–Kier alpha value is -1.07. The Labute approximate surface area is 103 Å². The number of carbonyl (C=O) groups is 1. The number of anilines is 1. The molecule has 1 fully saturated rings. The van der Waals surface area contributed by atoms with Gasteiger partial charge in [-0.15, -0.1) is 0 Å². The Balaban J connectivity index is 1.96. The predicted molar refractivity (Wildman–Crippen MR) is 67.6 cm³/mol. The van der Waals surface area contributed by atoms with Gasteiger partial charge in [0.2, 0.25) is 0 Å². The summed E-state index contributed by atoms with van der Waals surface area (Å²) in [7, 11) is 0. The Morgan fingerprint density at radius 1 is 1.38 bits per heavy atom. The minimum Gasteiger partial charge on any atom is -0.322 e. The molecule has 0 aromatic heterocycles. The summed E-state index contributed by atoms with van der Waals surface area (Å²) >= 11 is 3.37. The third-order valence-corrected chi connectivity index (χ3v) is 2.97. The van der Waals surface area contributed by atoms with Crippen molar-refractivity contribution in [2.45, 2.75) is 0 Å². The third kappa shape index (κ3) is 2.96. The van der Waals surface area contributed by atoms with Crippen LogP contribution in [-0.2, 0) is 0 Å². The van der Waals surface area contributed by atoms with Gasteiger partial charge in [0, 0.05) is 36.3 Å². The van der Waals surface area contributed by atoms with Gasteiger partial charge < -0.3 is 15.5 Å². The predicted octanol–water partition coefficient (Wildman–Crippen LogP) is 1.89. The minimum atomic E-state index is -0.0281. The van der Waals surface area contributed by atoms with E-state index in [0.717, 1.165) is 36.3 Å². The second-order valence-corrected chi connectivity index (χ2v) is 4.59. The Bertz CT molecular complexity index is 377. The lowest BCUT2D eigenvalue weighted by atomic mass is 10.3. The lowest BCUT2D eigenvalue weighted by molar-refractivity contribution is 0.204. The number of nitrogens with one attached hydrogen (secondary N) is 2. The van der Waals surface area contributed by atoms with Crippen molar-refractivity contribution >= 4 is 27.6 Å². The molecule has 0 radical (unpaired) electrons. The van der Waals surface area contributed by atoms with Crippen molar-refractivity contribution in [2.75, 3.05) is 31.5 Å². The van der Waals surface area contributed by atoms with Crippen LogP contribution in [-0.4, -0.2) is 37.1 Å². The number of hydrogen-bond acceptors (Lipinski definition) is 2. The lowest BCUT2D eigenvalue weighted by Crippen LogP contribution is -2.48. The van der Waals surface area contributed by atoms with Crippen LogP contribution in [0.3, 0.4) is 0 Å². The van der Waals surface area contributed by atoms with Crippen molar-refractivity contribution in [3.05, 3.63) is 28.7 Å². The molecular formula is C11H14BrN3O. The lowest BCUT2D eigenvalue weighted by Gasteiger charge is -2.27. The first-order valence-electron chi connectivity index (χ1n) is 5.28. The van der Waals surface area contributed by atoms with Crippen molar-refractivity contribution in [3.8, 4) is 0 Å². The first-order valence-corrected chi connectivity index (χ1v) is 6.07. The molecule has 0 aliphatic carbocycles. The molecule has 86 valence electrons. The maximum atomic E-state index is 11.9. The number of piperazine rings is 1. The normalized spacial score (nSPS) is 15.9. The summed E-state index contributed by atoms with van der Waals surface area (Å²) in [5.74, 6) is 0. The van der Waals surface area contributed by atoms with Crippen LogP contribution in [0.25, 0.3) is 0 Å². The number of rotatable bonds is 1. The van der Waals surface area contributed by atoms with Gasteiger partial charge in [0.15, 0.2) is 0 Å². The van der Waals surface area contributed by atoms with Crippen LogP contribution in [0.5, 0.6) is 0 Å². The number of amides is 2.